The van der Waals surface area contributed by atoms with Crippen molar-refractivity contribution in [2.24, 2.45) is 0 Å². The molecule has 0 saturated heterocycles. The molecular weight excluding hydrogens is 329 g/mol. The highest BCUT2D eigenvalue weighted by molar-refractivity contribution is 5.94. The number of amides is 1. The number of hydrogen-bond donors (Lipinski definition) is 0. The summed E-state index contributed by atoms with van der Waals surface area (Å²) >= 11 is 0. The van der Waals surface area contributed by atoms with E-state index in [4.69, 9.17) is 0 Å². The second-order valence-corrected chi connectivity index (χ2v) is 6.69. The average molecular weight is 349 g/mol. The maximum absolute atomic E-state index is 14.0. The smallest absolute Gasteiger partial charge is 0.254 e. The summed E-state index contributed by atoms with van der Waals surface area (Å²) in [5, 5.41) is 0. The van der Waals surface area contributed by atoms with Crippen LogP contribution in [0.1, 0.15) is 34.3 Å². The van der Waals surface area contributed by atoms with Crippen LogP contribution >= 0.6 is 0 Å². The Balaban J connectivity index is 1.55. The first-order valence-electron chi connectivity index (χ1n) is 8.80. The van der Waals surface area contributed by atoms with Gasteiger partial charge in [-0.15, -0.1) is 0 Å². The Morgan fingerprint density at radius 3 is 2.77 bits per heavy atom. The van der Waals surface area contributed by atoms with Gasteiger partial charge in [0.1, 0.15) is 5.82 Å². The summed E-state index contributed by atoms with van der Waals surface area (Å²) < 4.78 is 16.0. The fraction of sp³-hybridized carbons (Fsp3) is 0.238. The van der Waals surface area contributed by atoms with Crippen molar-refractivity contribution in [3.8, 4) is 0 Å². The lowest BCUT2D eigenvalue weighted by Crippen LogP contribution is -2.33. The van der Waals surface area contributed by atoms with Crippen LogP contribution in [0.4, 0.5) is 4.39 Å². The standard InChI is InChI=1S/C21H20FN3O/c22-20-7-2-1-5-18(20)14-25(19-8-9-19)21(26)17-6-3-4-16(12-17)13-24-11-10-23-15-24/h1-7,10-12,15,19H,8-9,13-14H2. The summed E-state index contributed by atoms with van der Waals surface area (Å²) in [7, 11) is 0. The van der Waals surface area contributed by atoms with Crippen molar-refractivity contribution in [1.29, 1.82) is 0 Å². The molecule has 1 amide bonds. The lowest BCUT2D eigenvalue weighted by molar-refractivity contribution is 0.0728. The number of carbonyl (C=O) groups is 1. The summed E-state index contributed by atoms with van der Waals surface area (Å²) in [5.41, 5.74) is 2.24. The molecule has 2 aromatic carbocycles. The quantitative estimate of drug-likeness (QED) is 0.677. The Labute approximate surface area is 151 Å². The minimum Gasteiger partial charge on any atom is -0.333 e. The SMILES string of the molecule is O=C(c1cccc(Cn2ccnc2)c1)N(Cc1ccccc1F)C1CC1. The first-order valence-corrected chi connectivity index (χ1v) is 8.80. The molecule has 1 aromatic heterocycles. The number of hydrogen-bond acceptors (Lipinski definition) is 2. The Morgan fingerprint density at radius 1 is 1.19 bits per heavy atom. The molecule has 1 fully saturated rings. The summed E-state index contributed by atoms with van der Waals surface area (Å²) in [5.74, 6) is -0.303. The third-order valence-corrected chi connectivity index (χ3v) is 4.65. The monoisotopic (exact) mass is 349 g/mol. The van der Waals surface area contributed by atoms with Crippen LogP contribution in [0.25, 0.3) is 0 Å². The Hall–Kier alpha value is -2.95. The Bertz CT molecular complexity index is 903. The highest BCUT2D eigenvalue weighted by atomic mass is 19.1. The van der Waals surface area contributed by atoms with E-state index in [0.29, 0.717) is 24.2 Å². The zero-order valence-corrected chi connectivity index (χ0v) is 14.4. The van der Waals surface area contributed by atoms with Gasteiger partial charge in [-0.1, -0.05) is 30.3 Å². The zero-order chi connectivity index (χ0) is 17.9. The molecule has 0 atom stereocenters. The van der Waals surface area contributed by atoms with Crippen LogP contribution in [0.5, 0.6) is 0 Å². The molecule has 0 spiro atoms. The van der Waals surface area contributed by atoms with E-state index in [0.717, 1.165) is 18.4 Å². The molecule has 0 unspecified atom stereocenters. The molecule has 4 rings (SSSR count). The molecular formula is C21H20FN3O. The maximum Gasteiger partial charge on any atom is 0.254 e. The van der Waals surface area contributed by atoms with Crippen LogP contribution in [0, 0.1) is 5.82 Å². The number of nitrogens with zero attached hydrogens (tertiary/aromatic N) is 3. The second-order valence-electron chi connectivity index (χ2n) is 6.69. The number of halogens is 1. The summed E-state index contributed by atoms with van der Waals surface area (Å²) in [6, 6.07) is 14.5. The van der Waals surface area contributed by atoms with Crippen LogP contribution in [-0.4, -0.2) is 26.4 Å². The van der Waals surface area contributed by atoms with Gasteiger partial charge in [-0.2, -0.15) is 0 Å². The van der Waals surface area contributed by atoms with Crippen LogP contribution < -0.4 is 0 Å². The van der Waals surface area contributed by atoms with Gasteiger partial charge in [-0.05, 0) is 36.6 Å². The van der Waals surface area contributed by atoms with E-state index >= 15 is 0 Å². The van der Waals surface area contributed by atoms with Crippen LogP contribution in [0.15, 0.2) is 67.3 Å². The predicted octanol–water partition coefficient (Wildman–Crippen LogP) is 3.88. The lowest BCUT2D eigenvalue weighted by atomic mass is 10.1. The fourth-order valence-corrected chi connectivity index (χ4v) is 3.12. The minimum absolute atomic E-state index is 0.0387. The van der Waals surface area contributed by atoms with Crippen molar-refractivity contribution in [3.05, 3.63) is 89.8 Å². The second kappa shape index (κ2) is 7.12. The summed E-state index contributed by atoms with van der Waals surface area (Å²) in [6.45, 7) is 0.972. The molecule has 3 aromatic rings. The molecule has 0 N–H and O–H groups in total. The van der Waals surface area contributed by atoms with E-state index in [1.165, 1.54) is 6.07 Å². The number of aromatic nitrogens is 2. The van der Waals surface area contributed by atoms with Crippen molar-refractivity contribution >= 4 is 5.91 Å². The molecule has 26 heavy (non-hydrogen) atoms. The zero-order valence-electron chi connectivity index (χ0n) is 14.4. The van der Waals surface area contributed by atoms with E-state index in [1.807, 2.05) is 35.0 Å². The highest BCUT2D eigenvalue weighted by Gasteiger charge is 2.33. The van der Waals surface area contributed by atoms with Crippen molar-refractivity contribution in [2.45, 2.75) is 32.0 Å². The van der Waals surface area contributed by atoms with Crippen molar-refractivity contribution < 1.29 is 9.18 Å². The normalized spacial score (nSPS) is 13.6. The van der Waals surface area contributed by atoms with E-state index in [9.17, 15) is 9.18 Å². The molecule has 0 radical (unpaired) electrons. The molecule has 132 valence electrons. The molecule has 1 heterocycles. The lowest BCUT2D eigenvalue weighted by Gasteiger charge is -2.23. The van der Waals surface area contributed by atoms with E-state index in [1.54, 1.807) is 35.6 Å². The van der Waals surface area contributed by atoms with Gasteiger partial charge in [-0.25, -0.2) is 9.37 Å². The molecule has 1 saturated carbocycles. The molecule has 4 nitrogen and oxygen atoms in total. The molecule has 1 aliphatic rings. The van der Waals surface area contributed by atoms with E-state index in [2.05, 4.69) is 4.98 Å². The molecule has 0 bridgehead atoms. The number of carbonyl (C=O) groups excluding carboxylic acids is 1. The Kier molecular flexibility index (Phi) is 4.52. The molecule has 1 aliphatic carbocycles. The highest BCUT2D eigenvalue weighted by Crippen LogP contribution is 2.30. The van der Waals surface area contributed by atoms with Crippen LogP contribution in [0.2, 0.25) is 0 Å². The van der Waals surface area contributed by atoms with Crippen molar-refractivity contribution in [3.63, 3.8) is 0 Å². The van der Waals surface area contributed by atoms with E-state index in [-0.39, 0.29) is 17.8 Å². The predicted molar refractivity (Wildman–Crippen MR) is 97.1 cm³/mol. The third kappa shape index (κ3) is 3.67. The molecule has 0 aliphatic heterocycles. The van der Waals surface area contributed by atoms with Gasteiger partial charge >= 0.3 is 0 Å². The Morgan fingerprint density at radius 2 is 2.04 bits per heavy atom. The number of benzene rings is 2. The van der Waals surface area contributed by atoms with Gasteiger partial charge in [-0.3, -0.25) is 4.79 Å². The first-order chi connectivity index (χ1) is 12.7. The van der Waals surface area contributed by atoms with E-state index < -0.39 is 0 Å². The van der Waals surface area contributed by atoms with Crippen LogP contribution in [-0.2, 0) is 13.1 Å². The van der Waals surface area contributed by atoms with Gasteiger partial charge in [0.05, 0.1) is 6.33 Å². The topological polar surface area (TPSA) is 38.1 Å². The molecule has 5 heteroatoms. The van der Waals surface area contributed by atoms with Gasteiger partial charge in [0.2, 0.25) is 0 Å². The number of imidazole rings is 1. The number of rotatable bonds is 6. The average Bonchev–Trinajstić information content (AvgIpc) is 3.37. The maximum atomic E-state index is 14.0. The third-order valence-electron chi connectivity index (χ3n) is 4.65. The fourth-order valence-electron chi connectivity index (χ4n) is 3.12. The van der Waals surface area contributed by atoms with Gasteiger partial charge in [0.25, 0.3) is 5.91 Å². The first kappa shape index (κ1) is 16.5. The van der Waals surface area contributed by atoms with Crippen molar-refractivity contribution in [2.75, 3.05) is 0 Å². The van der Waals surface area contributed by atoms with Crippen LogP contribution in [0.3, 0.4) is 0 Å². The van der Waals surface area contributed by atoms with Gasteiger partial charge in [0, 0.05) is 42.7 Å². The van der Waals surface area contributed by atoms with Gasteiger partial charge in [0.15, 0.2) is 0 Å². The summed E-state index contributed by atoms with van der Waals surface area (Å²) in [6.07, 6.45) is 7.34. The summed E-state index contributed by atoms with van der Waals surface area (Å²) in [4.78, 5) is 18.9. The largest absolute Gasteiger partial charge is 0.333 e. The van der Waals surface area contributed by atoms with Crippen molar-refractivity contribution in [1.82, 2.24) is 14.5 Å². The van der Waals surface area contributed by atoms with Gasteiger partial charge < -0.3 is 9.47 Å². The minimum atomic E-state index is -0.264.